The van der Waals surface area contributed by atoms with Gasteiger partial charge in [-0.05, 0) is 24.1 Å². The summed E-state index contributed by atoms with van der Waals surface area (Å²) in [7, 11) is -3.41. The third-order valence-corrected chi connectivity index (χ3v) is 5.36. The van der Waals surface area contributed by atoms with Crippen molar-refractivity contribution in [3.05, 3.63) is 48.0 Å². The molecule has 0 spiro atoms. The molecule has 0 amide bonds. The zero-order valence-electron chi connectivity index (χ0n) is 11.3. The minimum atomic E-state index is -3.41. The summed E-state index contributed by atoms with van der Waals surface area (Å²) in [5.74, 6) is -0.492. The van der Waals surface area contributed by atoms with E-state index in [4.69, 9.17) is 0 Å². The molecule has 1 unspecified atom stereocenters. The van der Waals surface area contributed by atoms with Crippen LogP contribution >= 0.6 is 0 Å². The number of hydrogen-bond donors (Lipinski definition) is 0. The molecular weight excluding hydrogens is 295 g/mol. The van der Waals surface area contributed by atoms with Gasteiger partial charge in [0.2, 0.25) is 10.0 Å². The van der Waals surface area contributed by atoms with Crippen molar-refractivity contribution in [2.24, 2.45) is 0 Å². The van der Waals surface area contributed by atoms with Crippen LogP contribution in [0.25, 0.3) is 0 Å². The standard InChI is InChI=1S/C13H15FN4O2S/c14-12-3-1-11(2-4-12)10-21(19,20)17-8-5-13(9-17)18-15-6-7-16-18/h1-4,6-7,13H,5,8-10H2. The summed E-state index contributed by atoms with van der Waals surface area (Å²) in [4.78, 5) is 1.55. The predicted molar refractivity (Wildman–Crippen MR) is 74.3 cm³/mol. The van der Waals surface area contributed by atoms with Gasteiger partial charge in [-0.1, -0.05) is 12.1 Å². The van der Waals surface area contributed by atoms with E-state index in [9.17, 15) is 12.8 Å². The first-order chi connectivity index (χ1) is 10.0. The van der Waals surface area contributed by atoms with Gasteiger partial charge in [0.25, 0.3) is 0 Å². The molecule has 0 aliphatic carbocycles. The van der Waals surface area contributed by atoms with Crippen molar-refractivity contribution >= 4 is 10.0 Å². The van der Waals surface area contributed by atoms with Gasteiger partial charge in [-0.3, -0.25) is 0 Å². The smallest absolute Gasteiger partial charge is 0.212 e. The van der Waals surface area contributed by atoms with Gasteiger partial charge in [0.15, 0.2) is 0 Å². The Morgan fingerprint density at radius 1 is 1.19 bits per heavy atom. The normalized spacial score (nSPS) is 20.0. The van der Waals surface area contributed by atoms with Crippen LogP contribution in [-0.4, -0.2) is 40.8 Å². The lowest BCUT2D eigenvalue weighted by Gasteiger charge is -2.16. The molecule has 0 saturated carbocycles. The summed E-state index contributed by atoms with van der Waals surface area (Å²) in [6, 6.07) is 5.50. The highest BCUT2D eigenvalue weighted by Crippen LogP contribution is 2.24. The quantitative estimate of drug-likeness (QED) is 0.851. The number of hydrogen-bond acceptors (Lipinski definition) is 4. The maximum atomic E-state index is 12.9. The van der Waals surface area contributed by atoms with Gasteiger partial charge in [-0.25, -0.2) is 12.8 Å². The molecule has 2 heterocycles. The summed E-state index contributed by atoms with van der Waals surface area (Å²) < 4.78 is 39.1. The van der Waals surface area contributed by atoms with E-state index in [1.54, 1.807) is 17.2 Å². The van der Waals surface area contributed by atoms with Crippen LogP contribution < -0.4 is 0 Å². The SMILES string of the molecule is O=S(=O)(Cc1ccc(F)cc1)N1CCC(n2nccn2)C1. The lowest BCUT2D eigenvalue weighted by molar-refractivity contribution is 0.402. The van der Waals surface area contributed by atoms with Crippen LogP contribution in [0.15, 0.2) is 36.7 Å². The van der Waals surface area contributed by atoms with E-state index in [0.717, 1.165) is 0 Å². The van der Waals surface area contributed by atoms with Gasteiger partial charge >= 0.3 is 0 Å². The molecule has 2 aromatic rings. The second kappa shape index (κ2) is 5.53. The first kappa shape index (κ1) is 14.2. The first-order valence-corrected chi connectivity index (χ1v) is 8.23. The fourth-order valence-corrected chi connectivity index (χ4v) is 4.03. The molecule has 1 aromatic carbocycles. The molecule has 1 atom stereocenters. The Morgan fingerprint density at radius 2 is 1.86 bits per heavy atom. The number of rotatable bonds is 4. The topological polar surface area (TPSA) is 68.1 Å². The van der Waals surface area contributed by atoms with Crippen LogP contribution in [0.3, 0.4) is 0 Å². The highest BCUT2D eigenvalue weighted by Gasteiger charge is 2.33. The Bertz CT molecular complexity index is 700. The van der Waals surface area contributed by atoms with Gasteiger partial charge in [-0.2, -0.15) is 19.3 Å². The van der Waals surface area contributed by atoms with Crippen molar-refractivity contribution in [1.82, 2.24) is 19.3 Å². The predicted octanol–water partition coefficient (Wildman–Crippen LogP) is 1.19. The molecular formula is C13H15FN4O2S. The average Bonchev–Trinajstić information content (AvgIpc) is 3.11. The third kappa shape index (κ3) is 3.11. The van der Waals surface area contributed by atoms with Crippen molar-refractivity contribution in [2.75, 3.05) is 13.1 Å². The molecule has 8 heteroatoms. The molecule has 0 bridgehead atoms. The maximum Gasteiger partial charge on any atom is 0.218 e. The molecule has 1 aromatic heterocycles. The van der Waals surface area contributed by atoms with Gasteiger partial charge in [0.1, 0.15) is 5.82 Å². The van der Waals surface area contributed by atoms with Crippen molar-refractivity contribution in [3.63, 3.8) is 0 Å². The van der Waals surface area contributed by atoms with Crippen molar-refractivity contribution in [2.45, 2.75) is 18.2 Å². The summed E-state index contributed by atoms with van der Waals surface area (Å²) >= 11 is 0. The van der Waals surface area contributed by atoms with Crippen molar-refractivity contribution in [1.29, 1.82) is 0 Å². The largest absolute Gasteiger partial charge is 0.218 e. The molecule has 1 aliphatic heterocycles. The van der Waals surface area contributed by atoms with E-state index in [-0.39, 0.29) is 17.6 Å². The Labute approximate surface area is 122 Å². The molecule has 1 aliphatic rings. The molecule has 21 heavy (non-hydrogen) atoms. The van der Waals surface area contributed by atoms with Crippen LogP contribution in [-0.2, 0) is 15.8 Å². The molecule has 0 N–H and O–H groups in total. The average molecular weight is 310 g/mol. The maximum absolute atomic E-state index is 12.9. The van der Waals surface area contributed by atoms with Crippen LogP contribution in [0.1, 0.15) is 18.0 Å². The second-order valence-electron chi connectivity index (χ2n) is 5.03. The van der Waals surface area contributed by atoms with Crippen molar-refractivity contribution < 1.29 is 12.8 Å². The molecule has 6 nitrogen and oxygen atoms in total. The van der Waals surface area contributed by atoms with E-state index in [1.807, 2.05) is 0 Å². The molecule has 3 rings (SSSR count). The highest BCUT2D eigenvalue weighted by molar-refractivity contribution is 7.88. The Morgan fingerprint density at radius 3 is 2.52 bits per heavy atom. The first-order valence-electron chi connectivity index (χ1n) is 6.63. The zero-order valence-corrected chi connectivity index (χ0v) is 12.1. The minimum absolute atomic E-state index is 0.0250. The van der Waals surface area contributed by atoms with Gasteiger partial charge in [0, 0.05) is 13.1 Å². The lowest BCUT2D eigenvalue weighted by atomic mass is 10.2. The van der Waals surface area contributed by atoms with Crippen LogP contribution in [0.2, 0.25) is 0 Å². The number of aromatic nitrogens is 3. The Hall–Kier alpha value is -1.80. The molecule has 0 radical (unpaired) electrons. The van der Waals surface area contributed by atoms with Gasteiger partial charge in [0.05, 0.1) is 24.2 Å². The Balaban J connectivity index is 1.70. The number of halogens is 1. The van der Waals surface area contributed by atoms with E-state index < -0.39 is 10.0 Å². The van der Waals surface area contributed by atoms with E-state index >= 15 is 0 Å². The number of nitrogens with zero attached hydrogens (tertiary/aromatic N) is 4. The summed E-state index contributed by atoms with van der Waals surface area (Å²) in [5, 5.41) is 8.10. The van der Waals surface area contributed by atoms with Crippen molar-refractivity contribution in [3.8, 4) is 0 Å². The van der Waals surface area contributed by atoms with Gasteiger partial charge in [-0.15, -0.1) is 0 Å². The minimum Gasteiger partial charge on any atom is -0.212 e. The number of sulfonamides is 1. The summed E-state index contributed by atoms with van der Waals surface area (Å²) in [6.45, 7) is 0.827. The number of benzene rings is 1. The third-order valence-electron chi connectivity index (χ3n) is 3.55. The Kier molecular flexibility index (Phi) is 3.73. The second-order valence-corrected chi connectivity index (χ2v) is 7.00. The van der Waals surface area contributed by atoms with E-state index in [1.165, 1.54) is 28.6 Å². The molecule has 1 fully saturated rings. The monoisotopic (exact) mass is 310 g/mol. The van der Waals surface area contributed by atoms with E-state index in [2.05, 4.69) is 10.2 Å². The zero-order chi connectivity index (χ0) is 14.9. The van der Waals surface area contributed by atoms with Crippen LogP contribution in [0.5, 0.6) is 0 Å². The summed E-state index contributed by atoms with van der Waals surface area (Å²) in [5.41, 5.74) is 0.581. The van der Waals surface area contributed by atoms with Gasteiger partial charge < -0.3 is 0 Å². The lowest BCUT2D eigenvalue weighted by Crippen LogP contribution is -2.30. The highest BCUT2D eigenvalue weighted by atomic mass is 32.2. The molecule has 112 valence electrons. The summed E-state index contributed by atoms with van der Waals surface area (Å²) in [6.07, 6.45) is 3.85. The van der Waals surface area contributed by atoms with Crippen LogP contribution in [0, 0.1) is 5.82 Å². The van der Waals surface area contributed by atoms with Crippen LogP contribution in [0.4, 0.5) is 4.39 Å². The fourth-order valence-electron chi connectivity index (χ4n) is 2.45. The fraction of sp³-hybridized carbons (Fsp3) is 0.385. The molecule has 1 saturated heterocycles. The van der Waals surface area contributed by atoms with E-state index in [0.29, 0.717) is 25.1 Å².